The van der Waals surface area contributed by atoms with E-state index >= 15 is 0 Å². The highest BCUT2D eigenvalue weighted by Crippen LogP contribution is 2.73. The maximum atomic E-state index is 9.97. The summed E-state index contributed by atoms with van der Waals surface area (Å²) in [6, 6.07) is 6.50. The molecule has 0 spiro atoms. The molecule has 3 aliphatic rings. The van der Waals surface area contributed by atoms with Crippen LogP contribution < -0.4 is 0 Å². The lowest BCUT2D eigenvalue weighted by atomic mass is 9.75. The van der Waals surface area contributed by atoms with Gasteiger partial charge in [0.25, 0.3) is 0 Å². The summed E-state index contributed by atoms with van der Waals surface area (Å²) in [5.41, 5.74) is 3.70. The second-order valence-electron chi connectivity index (χ2n) is 8.25. The van der Waals surface area contributed by atoms with Crippen molar-refractivity contribution in [3.8, 4) is 0 Å². The number of unbranched alkanes of at least 4 members (excludes halogenated alkanes) is 1. The second kappa shape index (κ2) is 4.98. The molecule has 0 amide bonds. The Morgan fingerprint density at radius 2 is 1.68 bits per heavy atom. The maximum Gasteiger partial charge on any atom is 0.0650 e. The van der Waals surface area contributed by atoms with Gasteiger partial charge in [-0.1, -0.05) is 30.5 Å². The number of halogens is 1. The van der Waals surface area contributed by atoms with Crippen LogP contribution in [0, 0.1) is 12.3 Å². The Morgan fingerprint density at radius 1 is 1.00 bits per heavy atom. The monoisotopic (exact) mass is 318 g/mol. The highest BCUT2D eigenvalue weighted by atomic mass is 35.5. The van der Waals surface area contributed by atoms with Crippen LogP contribution in [0.5, 0.6) is 0 Å². The molecule has 3 aliphatic carbocycles. The molecule has 0 radical (unpaired) electrons. The number of aryl methyl sites for hydroxylation is 1. The average Bonchev–Trinajstić information content (AvgIpc) is 3.28. The van der Waals surface area contributed by atoms with Crippen molar-refractivity contribution in [3.05, 3.63) is 34.3 Å². The third-order valence-electron chi connectivity index (χ3n) is 6.70. The lowest BCUT2D eigenvalue weighted by Crippen LogP contribution is -2.23. The largest absolute Gasteiger partial charge is 0.390 e. The van der Waals surface area contributed by atoms with Gasteiger partial charge < -0.3 is 5.11 Å². The van der Waals surface area contributed by atoms with Crippen molar-refractivity contribution in [1.29, 1.82) is 0 Å². The fourth-order valence-electron chi connectivity index (χ4n) is 4.80. The Hall–Kier alpha value is -0.530. The number of hydrogen-bond donors (Lipinski definition) is 1. The van der Waals surface area contributed by atoms with Crippen LogP contribution in [0.1, 0.15) is 75.3 Å². The third-order valence-corrected chi connectivity index (χ3v) is 6.93. The highest BCUT2D eigenvalue weighted by molar-refractivity contribution is 6.30. The van der Waals surface area contributed by atoms with Gasteiger partial charge in [-0.05, 0) is 87.0 Å². The molecule has 0 heterocycles. The van der Waals surface area contributed by atoms with E-state index in [-0.39, 0.29) is 5.60 Å². The molecule has 0 atom stereocenters. The molecule has 1 nitrogen and oxygen atoms in total. The minimum absolute atomic E-state index is 0.263. The summed E-state index contributed by atoms with van der Waals surface area (Å²) in [4.78, 5) is 0. The van der Waals surface area contributed by atoms with Crippen molar-refractivity contribution < 1.29 is 5.11 Å². The molecular weight excluding hydrogens is 292 g/mol. The summed E-state index contributed by atoms with van der Waals surface area (Å²) >= 11 is 6.14. The Bertz CT molecular complexity index is 579. The molecule has 1 N–H and O–H groups in total. The summed E-state index contributed by atoms with van der Waals surface area (Å²) in [6.45, 7) is 2.22. The SMILES string of the molecule is Cc1cc(Cl)ccc1C1(C2(CCCCC3(O)CC3)CC2)CC1. The summed E-state index contributed by atoms with van der Waals surface area (Å²) in [7, 11) is 0. The first kappa shape index (κ1) is 15.0. The fraction of sp³-hybridized carbons (Fsp3) is 0.700. The van der Waals surface area contributed by atoms with E-state index in [4.69, 9.17) is 11.6 Å². The van der Waals surface area contributed by atoms with E-state index in [0.29, 0.717) is 10.8 Å². The molecule has 0 aromatic heterocycles. The first-order valence-electron chi connectivity index (χ1n) is 8.98. The average molecular weight is 319 g/mol. The molecule has 1 aromatic carbocycles. The summed E-state index contributed by atoms with van der Waals surface area (Å²) < 4.78 is 0. The molecule has 3 fully saturated rings. The van der Waals surface area contributed by atoms with Crippen LogP contribution in [0.3, 0.4) is 0 Å². The maximum absolute atomic E-state index is 9.97. The summed E-state index contributed by atoms with van der Waals surface area (Å²) in [6.07, 6.45) is 12.5. The van der Waals surface area contributed by atoms with Gasteiger partial charge in [-0.15, -0.1) is 0 Å². The number of aliphatic hydroxyl groups is 1. The van der Waals surface area contributed by atoms with Gasteiger partial charge in [0.05, 0.1) is 5.60 Å². The zero-order valence-electron chi connectivity index (χ0n) is 13.6. The topological polar surface area (TPSA) is 20.2 Å². The quantitative estimate of drug-likeness (QED) is 0.654. The molecule has 3 saturated carbocycles. The molecule has 0 bridgehead atoms. The lowest BCUT2D eigenvalue weighted by Gasteiger charge is -2.29. The van der Waals surface area contributed by atoms with E-state index in [1.807, 2.05) is 0 Å². The molecule has 1 aromatic rings. The molecule has 4 rings (SSSR count). The summed E-state index contributed by atoms with van der Waals surface area (Å²) in [5.74, 6) is 0. The predicted octanol–water partition coefficient (Wildman–Crippen LogP) is 5.55. The van der Waals surface area contributed by atoms with Crippen molar-refractivity contribution >= 4 is 11.6 Å². The molecule has 120 valence electrons. The van der Waals surface area contributed by atoms with E-state index in [1.54, 1.807) is 5.56 Å². The molecule has 22 heavy (non-hydrogen) atoms. The van der Waals surface area contributed by atoms with Gasteiger partial charge in [-0.2, -0.15) is 0 Å². The van der Waals surface area contributed by atoms with Crippen molar-refractivity contribution in [2.75, 3.05) is 0 Å². The minimum atomic E-state index is -0.263. The summed E-state index contributed by atoms with van der Waals surface area (Å²) in [5, 5.41) is 10.8. The van der Waals surface area contributed by atoms with Crippen LogP contribution in [0.15, 0.2) is 18.2 Å². The predicted molar refractivity (Wildman–Crippen MR) is 91.4 cm³/mol. The zero-order valence-corrected chi connectivity index (χ0v) is 14.4. The third kappa shape index (κ3) is 2.51. The minimum Gasteiger partial charge on any atom is -0.390 e. The Balaban J connectivity index is 1.43. The molecule has 2 heteroatoms. The van der Waals surface area contributed by atoms with E-state index in [1.165, 1.54) is 50.5 Å². The van der Waals surface area contributed by atoms with Gasteiger partial charge in [0.15, 0.2) is 0 Å². The molecule has 0 unspecified atom stereocenters. The molecule has 0 aliphatic heterocycles. The van der Waals surface area contributed by atoms with Crippen LogP contribution in [0.4, 0.5) is 0 Å². The van der Waals surface area contributed by atoms with Crippen molar-refractivity contribution in [2.24, 2.45) is 5.41 Å². The number of hydrogen-bond acceptors (Lipinski definition) is 1. The van der Waals surface area contributed by atoms with Crippen LogP contribution in [-0.4, -0.2) is 10.7 Å². The van der Waals surface area contributed by atoms with E-state index in [0.717, 1.165) is 24.3 Å². The van der Waals surface area contributed by atoms with Gasteiger partial charge in [-0.25, -0.2) is 0 Å². The van der Waals surface area contributed by atoms with Crippen LogP contribution >= 0.6 is 11.6 Å². The van der Waals surface area contributed by atoms with Crippen LogP contribution in [0.25, 0.3) is 0 Å². The fourth-order valence-corrected chi connectivity index (χ4v) is 5.03. The number of rotatable bonds is 7. The normalized spacial score (nSPS) is 25.8. The lowest BCUT2D eigenvalue weighted by molar-refractivity contribution is 0.135. The van der Waals surface area contributed by atoms with Gasteiger partial charge in [0, 0.05) is 10.4 Å². The van der Waals surface area contributed by atoms with E-state index in [2.05, 4.69) is 25.1 Å². The van der Waals surface area contributed by atoms with Crippen molar-refractivity contribution in [2.45, 2.75) is 82.1 Å². The first-order chi connectivity index (χ1) is 10.5. The Morgan fingerprint density at radius 3 is 2.23 bits per heavy atom. The first-order valence-corrected chi connectivity index (χ1v) is 9.36. The van der Waals surface area contributed by atoms with Crippen molar-refractivity contribution in [1.82, 2.24) is 0 Å². The van der Waals surface area contributed by atoms with E-state index in [9.17, 15) is 5.11 Å². The van der Waals surface area contributed by atoms with Crippen LogP contribution in [0.2, 0.25) is 5.02 Å². The van der Waals surface area contributed by atoms with E-state index < -0.39 is 0 Å². The van der Waals surface area contributed by atoms with Gasteiger partial charge in [0.2, 0.25) is 0 Å². The van der Waals surface area contributed by atoms with Crippen molar-refractivity contribution in [3.63, 3.8) is 0 Å². The zero-order chi connectivity index (χ0) is 15.4. The smallest absolute Gasteiger partial charge is 0.0650 e. The van der Waals surface area contributed by atoms with Gasteiger partial charge in [-0.3, -0.25) is 0 Å². The van der Waals surface area contributed by atoms with Gasteiger partial charge in [0.1, 0.15) is 0 Å². The number of benzene rings is 1. The molecular formula is C20H27ClO. The second-order valence-corrected chi connectivity index (χ2v) is 8.69. The molecule has 0 saturated heterocycles. The standard InChI is InChI=1S/C20H27ClO/c1-15-14-16(21)4-5-17(15)20(12-13-20)18(8-9-18)6-2-3-7-19(22)10-11-19/h4-5,14,22H,2-3,6-13H2,1H3. The Labute approximate surface area is 139 Å². The van der Waals surface area contributed by atoms with Crippen LogP contribution in [-0.2, 0) is 5.41 Å². The Kier molecular flexibility index (Phi) is 3.40. The van der Waals surface area contributed by atoms with Gasteiger partial charge >= 0.3 is 0 Å². The highest BCUT2D eigenvalue weighted by Gasteiger charge is 2.65.